The minimum atomic E-state index is -0.198. The summed E-state index contributed by atoms with van der Waals surface area (Å²) in [5.41, 5.74) is 1.08. The van der Waals surface area contributed by atoms with E-state index in [0.717, 1.165) is 17.1 Å². The second-order valence-corrected chi connectivity index (χ2v) is 5.34. The molecule has 90 valence electrons. The summed E-state index contributed by atoms with van der Waals surface area (Å²) in [4.78, 5) is 5.51. The van der Waals surface area contributed by atoms with Gasteiger partial charge in [-0.3, -0.25) is 0 Å². The van der Waals surface area contributed by atoms with Crippen molar-refractivity contribution in [2.24, 2.45) is 0 Å². The molecule has 0 aliphatic rings. The molecule has 0 amide bonds. The molecule has 1 unspecified atom stereocenters. The number of aryl methyl sites for hydroxylation is 1. The van der Waals surface area contributed by atoms with Crippen molar-refractivity contribution in [3.05, 3.63) is 51.7 Å². The first kappa shape index (κ1) is 12.2. The van der Waals surface area contributed by atoms with Crippen LogP contribution in [0.3, 0.4) is 0 Å². The molecule has 2 nitrogen and oxygen atoms in total. The van der Waals surface area contributed by atoms with Crippen molar-refractivity contribution in [3.8, 4) is 0 Å². The van der Waals surface area contributed by atoms with Crippen molar-refractivity contribution < 1.29 is 4.39 Å². The number of aromatic nitrogens is 1. The first-order valence-corrected chi connectivity index (χ1v) is 6.37. The minimum absolute atomic E-state index is 0.194. The number of nitrogens with zero attached hydrogens (tertiary/aromatic N) is 1. The van der Waals surface area contributed by atoms with Crippen molar-refractivity contribution in [2.75, 3.05) is 0 Å². The van der Waals surface area contributed by atoms with Gasteiger partial charge in [0.05, 0.1) is 0 Å². The smallest absolute Gasteiger partial charge is 0.123 e. The Balaban J connectivity index is 1.93. The summed E-state index contributed by atoms with van der Waals surface area (Å²) >= 11 is 1.69. The predicted octanol–water partition coefficient (Wildman–Crippen LogP) is 3.44. The van der Waals surface area contributed by atoms with Gasteiger partial charge in [-0.2, -0.15) is 0 Å². The zero-order valence-corrected chi connectivity index (χ0v) is 10.7. The molecule has 4 heteroatoms. The highest BCUT2D eigenvalue weighted by Crippen LogP contribution is 2.15. The van der Waals surface area contributed by atoms with E-state index >= 15 is 0 Å². The lowest BCUT2D eigenvalue weighted by atomic mass is 10.1. The Kier molecular flexibility index (Phi) is 3.86. The number of nitrogens with one attached hydrogen (secondary N) is 1. The van der Waals surface area contributed by atoms with Crippen LogP contribution in [0.25, 0.3) is 0 Å². The molecule has 0 radical (unpaired) electrons. The monoisotopic (exact) mass is 250 g/mol. The standard InChI is InChI=1S/C13H15FN2S/c1-9-7-16-13(17-9)8-15-10(2)11-3-5-12(14)6-4-11/h3-7,10,15H,8H2,1-2H3. The topological polar surface area (TPSA) is 24.9 Å². The third-order valence-electron chi connectivity index (χ3n) is 2.60. The fourth-order valence-corrected chi connectivity index (χ4v) is 2.33. The number of hydrogen-bond acceptors (Lipinski definition) is 3. The van der Waals surface area contributed by atoms with Crippen LogP contribution < -0.4 is 5.32 Å². The third kappa shape index (κ3) is 3.35. The molecule has 0 aliphatic heterocycles. The van der Waals surface area contributed by atoms with Crippen molar-refractivity contribution in [3.63, 3.8) is 0 Å². The van der Waals surface area contributed by atoms with Crippen LogP contribution >= 0.6 is 11.3 Å². The van der Waals surface area contributed by atoms with E-state index in [9.17, 15) is 4.39 Å². The average molecular weight is 250 g/mol. The predicted molar refractivity (Wildman–Crippen MR) is 68.5 cm³/mol. The highest BCUT2D eigenvalue weighted by atomic mass is 32.1. The van der Waals surface area contributed by atoms with Gasteiger partial charge in [0.25, 0.3) is 0 Å². The Morgan fingerprint density at radius 1 is 1.35 bits per heavy atom. The van der Waals surface area contributed by atoms with Crippen molar-refractivity contribution >= 4 is 11.3 Å². The van der Waals surface area contributed by atoms with Crippen LogP contribution in [0.4, 0.5) is 4.39 Å². The van der Waals surface area contributed by atoms with Gasteiger partial charge in [0, 0.05) is 23.7 Å². The number of hydrogen-bond donors (Lipinski definition) is 1. The molecule has 1 N–H and O–H groups in total. The summed E-state index contributed by atoms with van der Waals surface area (Å²) in [6.07, 6.45) is 1.88. The first-order chi connectivity index (χ1) is 8.15. The largest absolute Gasteiger partial charge is 0.304 e. The molecule has 0 bridgehead atoms. The van der Waals surface area contributed by atoms with Crippen LogP contribution in [0, 0.1) is 12.7 Å². The lowest BCUT2D eigenvalue weighted by Gasteiger charge is -2.12. The van der Waals surface area contributed by atoms with E-state index < -0.39 is 0 Å². The fraction of sp³-hybridized carbons (Fsp3) is 0.308. The van der Waals surface area contributed by atoms with Gasteiger partial charge in [-0.25, -0.2) is 9.37 Å². The van der Waals surface area contributed by atoms with Crippen LogP contribution in [0.2, 0.25) is 0 Å². The maximum atomic E-state index is 12.8. The van der Waals surface area contributed by atoms with Gasteiger partial charge >= 0.3 is 0 Å². The van der Waals surface area contributed by atoms with E-state index in [2.05, 4.69) is 17.2 Å². The van der Waals surface area contributed by atoms with Crippen LogP contribution in [0.5, 0.6) is 0 Å². The molecule has 0 aliphatic carbocycles. The van der Waals surface area contributed by atoms with Gasteiger partial charge in [0.1, 0.15) is 10.8 Å². The number of rotatable bonds is 4. The summed E-state index contributed by atoms with van der Waals surface area (Å²) in [6.45, 7) is 4.86. The van der Waals surface area contributed by atoms with E-state index in [-0.39, 0.29) is 11.9 Å². The van der Waals surface area contributed by atoms with E-state index in [1.165, 1.54) is 17.0 Å². The second-order valence-electron chi connectivity index (χ2n) is 4.02. The molecule has 1 aromatic carbocycles. The summed E-state index contributed by atoms with van der Waals surface area (Å²) < 4.78 is 12.8. The average Bonchev–Trinajstić information content (AvgIpc) is 2.73. The molecule has 0 spiro atoms. The summed E-state index contributed by atoms with van der Waals surface area (Å²) in [7, 11) is 0. The summed E-state index contributed by atoms with van der Waals surface area (Å²) in [6, 6.07) is 6.78. The highest BCUT2D eigenvalue weighted by molar-refractivity contribution is 7.11. The Morgan fingerprint density at radius 2 is 2.06 bits per heavy atom. The summed E-state index contributed by atoms with van der Waals surface area (Å²) in [5.74, 6) is -0.198. The second kappa shape index (κ2) is 5.38. The lowest BCUT2D eigenvalue weighted by molar-refractivity contribution is 0.570. The fourth-order valence-electron chi connectivity index (χ4n) is 1.59. The molecule has 1 atom stereocenters. The van der Waals surface area contributed by atoms with Crippen LogP contribution in [0.1, 0.15) is 28.4 Å². The maximum absolute atomic E-state index is 12.8. The zero-order chi connectivity index (χ0) is 12.3. The molecule has 2 aromatic rings. The molecule has 0 saturated carbocycles. The van der Waals surface area contributed by atoms with E-state index in [0.29, 0.717) is 0 Å². The number of benzene rings is 1. The van der Waals surface area contributed by atoms with E-state index in [1.54, 1.807) is 23.5 Å². The van der Waals surface area contributed by atoms with Gasteiger partial charge in [0.2, 0.25) is 0 Å². The molecular formula is C13H15FN2S. The molecular weight excluding hydrogens is 235 g/mol. The first-order valence-electron chi connectivity index (χ1n) is 5.55. The van der Waals surface area contributed by atoms with Gasteiger partial charge in [0.15, 0.2) is 0 Å². The Bertz CT molecular complexity index is 478. The molecule has 0 saturated heterocycles. The Hall–Kier alpha value is -1.26. The van der Waals surface area contributed by atoms with Gasteiger partial charge in [-0.15, -0.1) is 11.3 Å². The van der Waals surface area contributed by atoms with Gasteiger partial charge in [-0.1, -0.05) is 12.1 Å². The molecule has 1 aromatic heterocycles. The van der Waals surface area contributed by atoms with Crippen molar-refractivity contribution in [2.45, 2.75) is 26.4 Å². The van der Waals surface area contributed by atoms with Crippen LogP contribution in [0.15, 0.2) is 30.5 Å². The van der Waals surface area contributed by atoms with Crippen molar-refractivity contribution in [1.82, 2.24) is 10.3 Å². The maximum Gasteiger partial charge on any atom is 0.123 e. The highest BCUT2D eigenvalue weighted by Gasteiger charge is 2.06. The SMILES string of the molecule is Cc1cnc(CNC(C)c2ccc(F)cc2)s1. The van der Waals surface area contributed by atoms with Crippen molar-refractivity contribution in [1.29, 1.82) is 0 Å². The molecule has 0 fully saturated rings. The van der Waals surface area contributed by atoms with Gasteiger partial charge < -0.3 is 5.32 Å². The zero-order valence-electron chi connectivity index (χ0n) is 9.90. The number of thiazole rings is 1. The Morgan fingerprint density at radius 3 is 2.65 bits per heavy atom. The van der Waals surface area contributed by atoms with Gasteiger partial charge in [-0.05, 0) is 31.5 Å². The Labute approximate surface area is 105 Å². The third-order valence-corrected chi connectivity index (χ3v) is 3.51. The quantitative estimate of drug-likeness (QED) is 0.899. The van der Waals surface area contributed by atoms with E-state index in [1.807, 2.05) is 13.1 Å². The van der Waals surface area contributed by atoms with Crippen LogP contribution in [-0.4, -0.2) is 4.98 Å². The lowest BCUT2D eigenvalue weighted by Crippen LogP contribution is -2.17. The molecule has 1 heterocycles. The van der Waals surface area contributed by atoms with E-state index in [4.69, 9.17) is 0 Å². The number of halogens is 1. The molecule has 2 rings (SSSR count). The minimum Gasteiger partial charge on any atom is -0.304 e. The van der Waals surface area contributed by atoms with Crippen LogP contribution in [-0.2, 0) is 6.54 Å². The molecule has 17 heavy (non-hydrogen) atoms. The summed E-state index contributed by atoms with van der Waals surface area (Å²) in [5, 5.41) is 4.45. The normalized spacial score (nSPS) is 12.6.